The number of likely N-dealkylation sites (N-methyl/N-ethyl adjacent to an activating group) is 1. The molecule has 0 bridgehead atoms. The Morgan fingerprint density at radius 2 is 2.05 bits per heavy atom. The Kier molecular flexibility index (Phi) is 9.52. The second-order valence-electron chi connectivity index (χ2n) is 4.25. The van der Waals surface area contributed by atoms with Gasteiger partial charge in [0.15, 0.2) is 0 Å². The minimum absolute atomic E-state index is 0.208. The van der Waals surface area contributed by atoms with Crippen LogP contribution in [0.3, 0.4) is 0 Å². The Hall–Kier alpha value is -1.56. The number of aliphatic carboxylic acids is 1. The van der Waals surface area contributed by atoms with E-state index in [2.05, 4.69) is 36.0 Å². The zero-order valence-corrected chi connectivity index (χ0v) is 11.8. The van der Waals surface area contributed by atoms with Crippen LogP contribution >= 0.6 is 0 Å². The van der Waals surface area contributed by atoms with Gasteiger partial charge in [-0.25, -0.2) is 9.59 Å². The van der Waals surface area contributed by atoms with Gasteiger partial charge < -0.3 is 20.6 Å². The molecule has 0 aromatic heterocycles. The fraction of sp³-hybridized carbons (Fsp3) is 0.692. The summed E-state index contributed by atoms with van der Waals surface area (Å²) in [4.78, 5) is 24.6. The Balaban J connectivity index is 3.96. The first-order chi connectivity index (χ1) is 9.04. The number of carboxylic acid groups (broad SMARTS) is 1. The first-order valence-electron chi connectivity index (χ1n) is 6.65. The zero-order valence-electron chi connectivity index (χ0n) is 11.8. The van der Waals surface area contributed by atoms with Crippen molar-refractivity contribution in [2.75, 3.05) is 26.2 Å². The van der Waals surface area contributed by atoms with Gasteiger partial charge in [-0.2, -0.15) is 0 Å². The molecule has 0 saturated heterocycles. The van der Waals surface area contributed by atoms with Crippen molar-refractivity contribution in [2.45, 2.75) is 32.7 Å². The van der Waals surface area contributed by atoms with E-state index in [-0.39, 0.29) is 6.42 Å². The quantitative estimate of drug-likeness (QED) is 0.519. The summed E-state index contributed by atoms with van der Waals surface area (Å²) in [5.41, 5.74) is 0. The van der Waals surface area contributed by atoms with E-state index in [9.17, 15) is 9.59 Å². The maximum absolute atomic E-state index is 11.5. The molecule has 0 aliphatic heterocycles. The molecular formula is C13H25N3O3. The van der Waals surface area contributed by atoms with Crippen LogP contribution in [0.2, 0.25) is 0 Å². The van der Waals surface area contributed by atoms with E-state index < -0.39 is 18.0 Å². The van der Waals surface area contributed by atoms with Crippen LogP contribution in [0.25, 0.3) is 0 Å². The monoisotopic (exact) mass is 271 g/mol. The first kappa shape index (κ1) is 17.4. The van der Waals surface area contributed by atoms with E-state index in [4.69, 9.17) is 5.11 Å². The molecule has 0 aromatic carbocycles. The highest BCUT2D eigenvalue weighted by Gasteiger charge is 2.17. The van der Waals surface area contributed by atoms with Gasteiger partial charge >= 0.3 is 12.0 Å². The Morgan fingerprint density at radius 1 is 1.37 bits per heavy atom. The van der Waals surface area contributed by atoms with E-state index in [0.29, 0.717) is 6.54 Å². The number of hydrogen-bond donors (Lipinski definition) is 3. The molecule has 110 valence electrons. The van der Waals surface area contributed by atoms with E-state index in [1.165, 1.54) is 6.08 Å². The summed E-state index contributed by atoms with van der Waals surface area (Å²) < 4.78 is 0. The highest BCUT2D eigenvalue weighted by atomic mass is 16.4. The van der Waals surface area contributed by atoms with Crippen molar-refractivity contribution in [1.29, 1.82) is 0 Å². The second kappa shape index (κ2) is 10.4. The molecular weight excluding hydrogens is 246 g/mol. The third-order valence-corrected chi connectivity index (χ3v) is 2.71. The molecule has 2 amide bonds. The van der Waals surface area contributed by atoms with Crippen LogP contribution in [-0.2, 0) is 4.79 Å². The molecule has 0 heterocycles. The summed E-state index contributed by atoms with van der Waals surface area (Å²) in [6, 6.07) is -1.38. The van der Waals surface area contributed by atoms with Crippen molar-refractivity contribution < 1.29 is 14.7 Å². The third-order valence-electron chi connectivity index (χ3n) is 2.71. The molecule has 1 atom stereocenters. The molecule has 0 aliphatic carbocycles. The SMILES string of the molecule is C=CCC(NC(=O)NCCN(CC)CCC)C(=O)O. The lowest BCUT2D eigenvalue weighted by Gasteiger charge is -2.20. The van der Waals surface area contributed by atoms with Gasteiger partial charge in [0, 0.05) is 13.1 Å². The van der Waals surface area contributed by atoms with Crippen molar-refractivity contribution in [3.05, 3.63) is 12.7 Å². The number of hydrogen-bond acceptors (Lipinski definition) is 3. The van der Waals surface area contributed by atoms with Gasteiger partial charge in [-0.15, -0.1) is 6.58 Å². The van der Waals surface area contributed by atoms with Crippen LogP contribution in [0.1, 0.15) is 26.7 Å². The summed E-state index contributed by atoms with van der Waals surface area (Å²) in [6.45, 7) is 10.8. The zero-order chi connectivity index (χ0) is 14.7. The number of amides is 2. The summed E-state index contributed by atoms with van der Waals surface area (Å²) in [5, 5.41) is 13.9. The molecule has 0 rings (SSSR count). The number of carbonyl (C=O) groups excluding carboxylic acids is 1. The van der Waals surface area contributed by atoms with Gasteiger partial charge in [0.2, 0.25) is 0 Å². The fourth-order valence-corrected chi connectivity index (χ4v) is 1.67. The van der Waals surface area contributed by atoms with Crippen LogP contribution in [0, 0.1) is 0 Å². The van der Waals surface area contributed by atoms with Crippen LogP contribution < -0.4 is 10.6 Å². The summed E-state index contributed by atoms with van der Waals surface area (Å²) in [5.74, 6) is -1.06. The van der Waals surface area contributed by atoms with Crippen LogP contribution in [0.4, 0.5) is 4.79 Å². The molecule has 1 unspecified atom stereocenters. The second-order valence-corrected chi connectivity index (χ2v) is 4.25. The number of rotatable bonds is 10. The minimum Gasteiger partial charge on any atom is -0.480 e. The molecule has 6 nitrogen and oxygen atoms in total. The first-order valence-corrected chi connectivity index (χ1v) is 6.65. The molecule has 0 spiro atoms. The largest absolute Gasteiger partial charge is 0.480 e. The van der Waals surface area contributed by atoms with E-state index in [1.54, 1.807) is 0 Å². The summed E-state index contributed by atoms with van der Waals surface area (Å²) in [6.07, 6.45) is 2.75. The number of carbonyl (C=O) groups is 2. The maximum atomic E-state index is 11.5. The predicted molar refractivity (Wildman–Crippen MR) is 75.2 cm³/mol. The Labute approximate surface area is 114 Å². The number of nitrogens with one attached hydrogen (secondary N) is 2. The van der Waals surface area contributed by atoms with Crippen LogP contribution in [0.15, 0.2) is 12.7 Å². The summed E-state index contributed by atoms with van der Waals surface area (Å²) in [7, 11) is 0. The Bertz CT molecular complexity index is 295. The normalized spacial score (nSPS) is 11.9. The lowest BCUT2D eigenvalue weighted by molar-refractivity contribution is -0.139. The average Bonchev–Trinajstić information content (AvgIpc) is 2.37. The lowest BCUT2D eigenvalue weighted by atomic mass is 10.2. The van der Waals surface area contributed by atoms with Crippen molar-refractivity contribution >= 4 is 12.0 Å². The van der Waals surface area contributed by atoms with Crippen molar-refractivity contribution in [3.63, 3.8) is 0 Å². The van der Waals surface area contributed by atoms with Gasteiger partial charge in [0.25, 0.3) is 0 Å². The molecule has 0 radical (unpaired) electrons. The third kappa shape index (κ3) is 8.20. The molecule has 0 fully saturated rings. The number of nitrogens with zero attached hydrogens (tertiary/aromatic N) is 1. The fourth-order valence-electron chi connectivity index (χ4n) is 1.67. The average molecular weight is 271 g/mol. The van der Waals surface area contributed by atoms with Crippen molar-refractivity contribution in [1.82, 2.24) is 15.5 Å². The van der Waals surface area contributed by atoms with E-state index in [1.807, 2.05) is 0 Å². The minimum atomic E-state index is -1.06. The van der Waals surface area contributed by atoms with Gasteiger partial charge in [-0.1, -0.05) is 19.9 Å². The smallest absolute Gasteiger partial charge is 0.326 e. The molecule has 3 N–H and O–H groups in total. The van der Waals surface area contributed by atoms with Crippen LogP contribution in [-0.4, -0.2) is 54.2 Å². The standard InChI is InChI=1S/C13H25N3O3/c1-4-7-11(12(17)18)15-13(19)14-8-10-16(6-3)9-5-2/h4,11H,1,5-10H2,2-3H3,(H,17,18)(H2,14,15,19). The van der Waals surface area contributed by atoms with E-state index >= 15 is 0 Å². The molecule has 19 heavy (non-hydrogen) atoms. The predicted octanol–water partition coefficient (Wildman–Crippen LogP) is 1.05. The van der Waals surface area contributed by atoms with Gasteiger partial charge in [0.1, 0.15) is 6.04 Å². The lowest BCUT2D eigenvalue weighted by Crippen LogP contribution is -2.47. The highest BCUT2D eigenvalue weighted by Crippen LogP contribution is 1.93. The van der Waals surface area contributed by atoms with Crippen molar-refractivity contribution in [3.8, 4) is 0 Å². The van der Waals surface area contributed by atoms with Crippen LogP contribution in [0.5, 0.6) is 0 Å². The molecule has 6 heteroatoms. The maximum Gasteiger partial charge on any atom is 0.326 e. The topological polar surface area (TPSA) is 81.7 Å². The Morgan fingerprint density at radius 3 is 2.53 bits per heavy atom. The number of carboxylic acids is 1. The molecule has 0 aromatic rings. The van der Waals surface area contributed by atoms with Gasteiger partial charge in [0.05, 0.1) is 0 Å². The highest BCUT2D eigenvalue weighted by molar-refractivity contribution is 5.82. The van der Waals surface area contributed by atoms with E-state index in [0.717, 1.165) is 26.1 Å². The summed E-state index contributed by atoms with van der Waals surface area (Å²) >= 11 is 0. The molecule has 0 saturated carbocycles. The van der Waals surface area contributed by atoms with Crippen molar-refractivity contribution in [2.24, 2.45) is 0 Å². The van der Waals surface area contributed by atoms with Gasteiger partial charge in [-0.05, 0) is 25.9 Å². The van der Waals surface area contributed by atoms with Gasteiger partial charge in [-0.3, -0.25) is 0 Å². The molecule has 0 aliphatic rings. The number of urea groups is 1.